The van der Waals surface area contributed by atoms with Crippen LogP contribution in [0.3, 0.4) is 0 Å². The molecule has 8 nitrogen and oxygen atoms in total. The molecule has 4 heterocycles. The third kappa shape index (κ3) is 4.54. The van der Waals surface area contributed by atoms with E-state index in [-0.39, 0.29) is 12.0 Å². The molecule has 1 amide bonds. The second kappa shape index (κ2) is 9.03. The minimum absolute atomic E-state index is 0.229. The Balaban J connectivity index is 1.44. The molecule has 2 aromatic heterocycles. The summed E-state index contributed by atoms with van der Waals surface area (Å²) in [5, 5.41) is 14.0. The van der Waals surface area contributed by atoms with Crippen molar-refractivity contribution < 1.29 is 14.6 Å². The first-order valence-corrected chi connectivity index (χ1v) is 11.7. The Morgan fingerprint density at radius 1 is 1.09 bits per heavy atom. The number of aromatic nitrogens is 2. The number of hydrogen-bond donors (Lipinski definition) is 3. The van der Waals surface area contributed by atoms with Crippen LogP contribution in [-0.4, -0.2) is 66.5 Å². The molecule has 2 aliphatic heterocycles. The molecule has 1 aromatic carbocycles. The third-order valence-electron chi connectivity index (χ3n) is 6.76. The second-order valence-electron chi connectivity index (χ2n) is 8.98. The predicted molar refractivity (Wildman–Crippen MR) is 130 cm³/mol. The van der Waals surface area contributed by atoms with Gasteiger partial charge in [0.2, 0.25) is 0 Å². The lowest BCUT2D eigenvalue weighted by molar-refractivity contribution is 0.102. The number of H-pyrrole nitrogens is 1. The number of carbonyl (C=O) groups is 1. The lowest BCUT2D eigenvalue weighted by Crippen LogP contribution is -2.38. The molecule has 174 valence electrons. The number of amides is 1. The van der Waals surface area contributed by atoms with E-state index >= 15 is 0 Å². The van der Waals surface area contributed by atoms with E-state index < -0.39 is 0 Å². The van der Waals surface area contributed by atoms with Gasteiger partial charge in [0.15, 0.2) is 0 Å². The van der Waals surface area contributed by atoms with Crippen LogP contribution in [0.5, 0.6) is 0 Å². The van der Waals surface area contributed by atoms with Gasteiger partial charge in [0, 0.05) is 60.2 Å². The van der Waals surface area contributed by atoms with Gasteiger partial charge >= 0.3 is 0 Å². The molecule has 2 aliphatic rings. The van der Waals surface area contributed by atoms with Crippen LogP contribution in [-0.2, 0) is 4.74 Å². The zero-order chi connectivity index (χ0) is 22.9. The zero-order valence-electron chi connectivity index (χ0n) is 19.2. The largest absolute Gasteiger partial charge is 0.393 e. The van der Waals surface area contributed by atoms with Gasteiger partial charge in [0.25, 0.3) is 5.91 Å². The van der Waals surface area contributed by atoms with Crippen molar-refractivity contribution >= 4 is 34.0 Å². The highest BCUT2D eigenvalue weighted by molar-refractivity contribution is 6.05. The molecule has 2 fully saturated rings. The normalized spacial score (nSPS) is 17.5. The number of aliphatic hydroxyl groups excluding tert-OH is 1. The summed E-state index contributed by atoms with van der Waals surface area (Å²) in [7, 11) is 0. The van der Waals surface area contributed by atoms with Crippen molar-refractivity contribution in [2.75, 3.05) is 54.5 Å². The molecule has 2 saturated heterocycles. The maximum absolute atomic E-state index is 13.3. The van der Waals surface area contributed by atoms with Crippen LogP contribution in [0.1, 0.15) is 34.6 Å². The number of nitrogens with one attached hydrogen (secondary N) is 2. The first-order valence-electron chi connectivity index (χ1n) is 11.7. The Hall–Kier alpha value is -3.10. The van der Waals surface area contributed by atoms with Gasteiger partial charge in [-0.3, -0.25) is 4.79 Å². The van der Waals surface area contributed by atoms with Crippen LogP contribution < -0.4 is 15.1 Å². The number of benzene rings is 1. The molecular weight excluding hydrogens is 418 g/mol. The second-order valence-corrected chi connectivity index (χ2v) is 8.98. The lowest BCUT2D eigenvalue weighted by atomic mass is 10.1. The molecule has 33 heavy (non-hydrogen) atoms. The minimum Gasteiger partial charge on any atom is -0.393 e. The number of pyridine rings is 1. The van der Waals surface area contributed by atoms with Crippen molar-refractivity contribution in [3.63, 3.8) is 0 Å². The van der Waals surface area contributed by atoms with E-state index in [9.17, 15) is 9.90 Å². The van der Waals surface area contributed by atoms with Gasteiger partial charge in [-0.15, -0.1) is 0 Å². The summed E-state index contributed by atoms with van der Waals surface area (Å²) in [6, 6.07) is 9.82. The number of rotatable bonds is 4. The van der Waals surface area contributed by atoms with Gasteiger partial charge < -0.3 is 29.9 Å². The molecule has 0 atom stereocenters. The highest BCUT2D eigenvalue weighted by atomic mass is 16.5. The van der Waals surface area contributed by atoms with Gasteiger partial charge in [-0.05, 0) is 56.5 Å². The summed E-state index contributed by atoms with van der Waals surface area (Å²) in [5.74, 6) is 0.562. The summed E-state index contributed by atoms with van der Waals surface area (Å²) in [6.45, 7) is 8.45. The number of carbonyl (C=O) groups excluding carboxylic acids is 1. The van der Waals surface area contributed by atoms with Crippen LogP contribution in [0.25, 0.3) is 10.9 Å². The molecule has 8 heteroatoms. The first kappa shape index (κ1) is 21.7. The molecule has 0 spiro atoms. The van der Waals surface area contributed by atoms with E-state index in [2.05, 4.69) is 40.0 Å². The summed E-state index contributed by atoms with van der Waals surface area (Å²) < 4.78 is 5.49. The monoisotopic (exact) mass is 449 g/mol. The number of ether oxygens (including phenoxy) is 1. The number of aromatic amines is 1. The number of piperidine rings is 1. The van der Waals surface area contributed by atoms with Crippen LogP contribution >= 0.6 is 0 Å². The number of aliphatic hydroxyl groups is 1. The first-order chi connectivity index (χ1) is 16.0. The van der Waals surface area contributed by atoms with Crippen molar-refractivity contribution in [1.29, 1.82) is 0 Å². The Morgan fingerprint density at radius 2 is 1.85 bits per heavy atom. The van der Waals surface area contributed by atoms with Crippen molar-refractivity contribution in [1.82, 2.24) is 9.97 Å². The van der Waals surface area contributed by atoms with Gasteiger partial charge in [0.1, 0.15) is 11.5 Å². The molecule has 0 aliphatic carbocycles. The zero-order valence-corrected chi connectivity index (χ0v) is 19.2. The van der Waals surface area contributed by atoms with E-state index in [4.69, 9.17) is 9.72 Å². The summed E-state index contributed by atoms with van der Waals surface area (Å²) in [5.41, 5.74) is 5.48. The van der Waals surface area contributed by atoms with Gasteiger partial charge in [-0.2, -0.15) is 0 Å². The highest BCUT2D eigenvalue weighted by Gasteiger charge is 2.22. The fourth-order valence-corrected chi connectivity index (χ4v) is 4.61. The number of fused-ring (bicyclic) bond motifs is 1. The SMILES string of the molecule is Cc1[nH]c2ccc(NC(=O)c3cc(N4CCC(O)CC4)cc(N4CCOCC4)n3)cc2c1C. The number of hydrogen-bond acceptors (Lipinski definition) is 6. The van der Waals surface area contributed by atoms with E-state index in [0.29, 0.717) is 18.9 Å². The minimum atomic E-state index is -0.250. The van der Waals surface area contributed by atoms with E-state index in [0.717, 1.165) is 72.8 Å². The van der Waals surface area contributed by atoms with Crippen molar-refractivity contribution in [3.8, 4) is 0 Å². The average molecular weight is 450 g/mol. The molecule has 3 N–H and O–H groups in total. The van der Waals surface area contributed by atoms with Crippen LogP contribution in [0.15, 0.2) is 30.3 Å². The molecule has 3 aromatic rings. The molecule has 0 bridgehead atoms. The molecule has 0 unspecified atom stereocenters. The lowest BCUT2D eigenvalue weighted by Gasteiger charge is -2.33. The van der Waals surface area contributed by atoms with Crippen LogP contribution in [0.2, 0.25) is 0 Å². The van der Waals surface area contributed by atoms with Crippen LogP contribution in [0.4, 0.5) is 17.2 Å². The van der Waals surface area contributed by atoms with Crippen molar-refractivity contribution in [3.05, 3.63) is 47.3 Å². The quantitative estimate of drug-likeness (QED) is 0.566. The van der Waals surface area contributed by atoms with Crippen molar-refractivity contribution in [2.45, 2.75) is 32.8 Å². The Kier molecular flexibility index (Phi) is 5.95. The van der Waals surface area contributed by atoms with Gasteiger partial charge in [0.05, 0.1) is 19.3 Å². The Labute approximate surface area is 193 Å². The fraction of sp³-hybridized carbons (Fsp3) is 0.440. The smallest absolute Gasteiger partial charge is 0.274 e. The highest BCUT2D eigenvalue weighted by Crippen LogP contribution is 2.28. The predicted octanol–water partition coefficient (Wildman–Crippen LogP) is 3.23. The molecular formula is C25H31N5O3. The number of morpholine rings is 1. The fourth-order valence-electron chi connectivity index (χ4n) is 4.61. The molecule has 0 radical (unpaired) electrons. The summed E-state index contributed by atoms with van der Waals surface area (Å²) in [4.78, 5) is 25.8. The van der Waals surface area contributed by atoms with Crippen LogP contribution in [0, 0.1) is 13.8 Å². The number of aryl methyl sites for hydroxylation is 2. The maximum Gasteiger partial charge on any atom is 0.274 e. The standard InChI is InChI=1S/C25H31N5O3/c1-16-17(2)26-22-4-3-18(13-21(16)22)27-25(32)23-14-19(29-7-5-20(31)6-8-29)15-24(28-23)30-9-11-33-12-10-30/h3-4,13-15,20,26,31H,5-12H2,1-2H3,(H,27,32). The van der Waals surface area contributed by atoms with Gasteiger partial charge in [-0.1, -0.05) is 0 Å². The average Bonchev–Trinajstić information content (AvgIpc) is 3.13. The maximum atomic E-state index is 13.3. The van der Waals surface area contributed by atoms with E-state index in [1.54, 1.807) is 0 Å². The number of nitrogens with zero attached hydrogens (tertiary/aromatic N) is 3. The van der Waals surface area contributed by atoms with Crippen molar-refractivity contribution in [2.24, 2.45) is 0 Å². The Bertz CT molecular complexity index is 1160. The Morgan fingerprint density at radius 3 is 2.61 bits per heavy atom. The van der Waals surface area contributed by atoms with E-state index in [1.807, 2.05) is 24.3 Å². The summed E-state index contributed by atoms with van der Waals surface area (Å²) in [6.07, 6.45) is 1.21. The topological polar surface area (TPSA) is 93.7 Å². The molecule has 0 saturated carbocycles. The third-order valence-corrected chi connectivity index (χ3v) is 6.76. The molecule has 5 rings (SSSR count). The van der Waals surface area contributed by atoms with Gasteiger partial charge in [-0.25, -0.2) is 4.98 Å². The summed E-state index contributed by atoms with van der Waals surface area (Å²) >= 11 is 0. The number of anilines is 3. The van der Waals surface area contributed by atoms with E-state index in [1.165, 1.54) is 5.56 Å².